The van der Waals surface area contributed by atoms with E-state index in [4.69, 9.17) is 0 Å². The zero-order valence-corrected chi connectivity index (χ0v) is 12.4. The first-order chi connectivity index (χ1) is 9.69. The zero-order valence-electron chi connectivity index (χ0n) is 12.4. The number of rotatable bonds is 6. The minimum atomic E-state index is 0.317. The number of Topliss-reactive ketones (excluding diaryl/α,β-unsaturated/α-hetero) is 1. The molecule has 0 atom stereocenters. The van der Waals surface area contributed by atoms with Gasteiger partial charge in [0.15, 0.2) is 0 Å². The number of carbonyl (C=O) groups excluding carboxylic acids is 1. The van der Waals surface area contributed by atoms with Gasteiger partial charge in [-0.1, -0.05) is 55.5 Å². The molecule has 0 amide bonds. The highest BCUT2D eigenvalue weighted by Gasteiger charge is 2.05. The van der Waals surface area contributed by atoms with Gasteiger partial charge >= 0.3 is 0 Å². The van der Waals surface area contributed by atoms with E-state index in [1.165, 1.54) is 16.7 Å². The van der Waals surface area contributed by atoms with Gasteiger partial charge in [0.1, 0.15) is 5.78 Å². The summed E-state index contributed by atoms with van der Waals surface area (Å²) in [6.45, 7) is 4.24. The highest BCUT2D eigenvalue weighted by molar-refractivity contribution is 5.81. The van der Waals surface area contributed by atoms with Crippen molar-refractivity contribution in [3.05, 3.63) is 70.8 Å². The van der Waals surface area contributed by atoms with Gasteiger partial charge in [0.2, 0.25) is 0 Å². The molecule has 104 valence electrons. The van der Waals surface area contributed by atoms with Crippen LogP contribution in [0.4, 0.5) is 0 Å². The third kappa shape index (κ3) is 4.06. The summed E-state index contributed by atoms with van der Waals surface area (Å²) < 4.78 is 0. The fraction of sp³-hybridized carbons (Fsp3) is 0.316. The number of hydrogen-bond acceptors (Lipinski definition) is 1. The van der Waals surface area contributed by atoms with Crippen molar-refractivity contribution in [2.75, 3.05) is 0 Å². The van der Waals surface area contributed by atoms with Gasteiger partial charge in [-0.25, -0.2) is 0 Å². The molecule has 0 fully saturated rings. The second-order valence-electron chi connectivity index (χ2n) is 5.31. The van der Waals surface area contributed by atoms with Crippen molar-refractivity contribution in [2.45, 2.75) is 39.5 Å². The predicted octanol–water partition coefficient (Wildman–Crippen LogP) is 4.30. The van der Waals surface area contributed by atoms with Crippen LogP contribution in [0, 0.1) is 6.92 Å². The lowest BCUT2D eigenvalue weighted by Gasteiger charge is -2.05. The molecule has 0 bridgehead atoms. The Morgan fingerprint density at radius 3 is 2.25 bits per heavy atom. The van der Waals surface area contributed by atoms with Crippen LogP contribution in [0.1, 0.15) is 35.6 Å². The van der Waals surface area contributed by atoms with Gasteiger partial charge in [-0.3, -0.25) is 4.79 Å². The minimum Gasteiger partial charge on any atom is -0.299 e. The molecule has 2 rings (SSSR count). The molecule has 0 saturated carbocycles. The summed E-state index contributed by atoms with van der Waals surface area (Å²) in [6.07, 6.45) is 3.07. The molecule has 2 aromatic rings. The van der Waals surface area contributed by atoms with Crippen LogP contribution in [0.2, 0.25) is 0 Å². The van der Waals surface area contributed by atoms with Gasteiger partial charge in [0.25, 0.3) is 0 Å². The number of hydrogen-bond donors (Lipinski definition) is 0. The lowest BCUT2D eigenvalue weighted by molar-refractivity contribution is -0.118. The first kappa shape index (κ1) is 14.5. The molecule has 0 N–H and O–H groups in total. The Morgan fingerprint density at radius 2 is 1.60 bits per heavy atom. The maximum atomic E-state index is 12.1. The van der Waals surface area contributed by atoms with Crippen LogP contribution in [-0.4, -0.2) is 5.78 Å². The van der Waals surface area contributed by atoms with Crippen molar-refractivity contribution in [1.82, 2.24) is 0 Å². The van der Waals surface area contributed by atoms with Gasteiger partial charge in [-0.15, -0.1) is 0 Å². The summed E-state index contributed by atoms with van der Waals surface area (Å²) in [7, 11) is 0. The largest absolute Gasteiger partial charge is 0.299 e. The smallest absolute Gasteiger partial charge is 0.137 e. The van der Waals surface area contributed by atoms with Crippen molar-refractivity contribution in [3.8, 4) is 0 Å². The van der Waals surface area contributed by atoms with E-state index in [-0.39, 0.29) is 0 Å². The summed E-state index contributed by atoms with van der Waals surface area (Å²) >= 11 is 0. The van der Waals surface area contributed by atoms with E-state index in [0.717, 1.165) is 18.4 Å². The average Bonchev–Trinajstić information content (AvgIpc) is 2.47. The van der Waals surface area contributed by atoms with Crippen LogP contribution >= 0.6 is 0 Å². The molecular formula is C19H22O. The van der Waals surface area contributed by atoms with Gasteiger partial charge in [-0.05, 0) is 42.0 Å². The Kier molecular flexibility index (Phi) is 5.11. The molecule has 0 aromatic heterocycles. The van der Waals surface area contributed by atoms with Crippen molar-refractivity contribution in [1.29, 1.82) is 0 Å². The average molecular weight is 266 g/mol. The van der Waals surface area contributed by atoms with E-state index in [1.54, 1.807) is 0 Å². The number of carbonyl (C=O) groups is 1. The molecule has 1 nitrogen and oxygen atoms in total. The van der Waals surface area contributed by atoms with Crippen LogP contribution in [0.15, 0.2) is 48.5 Å². The molecular weight excluding hydrogens is 244 g/mol. The van der Waals surface area contributed by atoms with Crippen molar-refractivity contribution >= 4 is 5.78 Å². The summed E-state index contributed by atoms with van der Waals surface area (Å²) in [5, 5.41) is 0. The van der Waals surface area contributed by atoms with E-state index >= 15 is 0 Å². The molecule has 0 aliphatic carbocycles. The van der Waals surface area contributed by atoms with Crippen LogP contribution in [-0.2, 0) is 24.1 Å². The second-order valence-corrected chi connectivity index (χ2v) is 5.31. The summed E-state index contributed by atoms with van der Waals surface area (Å²) in [5.74, 6) is 0.317. The van der Waals surface area contributed by atoms with Gasteiger partial charge in [0.05, 0.1) is 0 Å². The van der Waals surface area contributed by atoms with Crippen molar-refractivity contribution < 1.29 is 4.79 Å². The SMILES string of the molecule is CCc1ccc(CC(=O)CCc2ccccc2C)cc1. The first-order valence-electron chi connectivity index (χ1n) is 7.33. The van der Waals surface area contributed by atoms with E-state index in [0.29, 0.717) is 18.6 Å². The van der Waals surface area contributed by atoms with Crippen LogP contribution in [0.3, 0.4) is 0 Å². The number of benzene rings is 2. The third-order valence-electron chi connectivity index (χ3n) is 3.77. The highest BCUT2D eigenvalue weighted by Crippen LogP contribution is 2.12. The molecule has 0 aliphatic rings. The normalized spacial score (nSPS) is 10.5. The minimum absolute atomic E-state index is 0.317. The predicted molar refractivity (Wildman–Crippen MR) is 84.0 cm³/mol. The first-order valence-corrected chi connectivity index (χ1v) is 7.33. The Labute approximate surface area is 121 Å². The fourth-order valence-corrected chi connectivity index (χ4v) is 2.37. The lowest BCUT2D eigenvalue weighted by atomic mass is 9.99. The topological polar surface area (TPSA) is 17.1 Å². The Balaban J connectivity index is 1.87. The maximum Gasteiger partial charge on any atom is 0.137 e. The van der Waals surface area contributed by atoms with E-state index in [1.807, 2.05) is 12.1 Å². The fourth-order valence-electron chi connectivity index (χ4n) is 2.37. The molecule has 0 spiro atoms. The summed E-state index contributed by atoms with van der Waals surface area (Å²) in [6, 6.07) is 16.7. The summed E-state index contributed by atoms with van der Waals surface area (Å²) in [5.41, 5.74) is 4.99. The van der Waals surface area contributed by atoms with Crippen molar-refractivity contribution in [3.63, 3.8) is 0 Å². The maximum absolute atomic E-state index is 12.1. The number of aryl methyl sites for hydroxylation is 3. The Bertz CT molecular complexity index is 567. The van der Waals surface area contributed by atoms with E-state index < -0.39 is 0 Å². The second kappa shape index (κ2) is 7.04. The van der Waals surface area contributed by atoms with Gasteiger partial charge < -0.3 is 0 Å². The molecule has 0 radical (unpaired) electrons. The van der Waals surface area contributed by atoms with Crippen LogP contribution in [0.25, 0.3) is 0 Å². The van der Waals surface area contributed by atoms with Crippen molar-refractivity contribution in [2.24, 2.45) is 0 Å². The highest BCUT2D eigenvalue weighted by atomic mass is 16.1. The molecule has 0 aliphatic heterocycles. The Morgan fingerprint density at radius 1 is 0.950 bits per heavy atom. The lowest BCUT2D eigenvalue weighted by Crippen LogP contribution is -2.05. The molecule has 2 aromatic carbocycles. The monoisotopic (exact) mass is 266 g/mol. The molecule has 1 heteroatoms. The molecule has 0 unspecified atom stereocenters. The molecule has 20 heavy (non-hydrogen) atoms. The standard InChI is InChI=1S/C19H22O/c1-3-16-8-10-17(11-9-16)14-19(20)13-12-18-7-5-4-6-15(18)2/h4-11H,3,12-14H2,1-2H3. The molecule has 0 saturated heterocycles. The Hall–Kier alpha value is -1.89. The van der Waals surface area contributed by atoms with Gasteiger partial charge in [0, 0.05) is 12.8 Å². The number of ketones is 1. The quantitative estimate of drug-likeness (QED) is 0.761. The summed E-state index contributed by atoms with van der Waals surface area (Å²) in [4.78, 5) is 12.1. The van der Waals surface area contributed by atoms with E-state index in [2.05, 4.69) is 50.2 Å². The van der Waals surface area contributed by atoms with Gasteiger partial charge in [-0.2, -0.15) is 0 Å². The zero-order chi connectivity index (χ0) is 14.4. The van der Waals surface area contributed by atoms with Crippen LogP contribution in [0.5, 0.6) is 0 Å². The molecule has 0 heterocycles. The van der Waals surface area contributed by atoms with E-state index in [9.17, 15) is 4.79 Å². The third-order valence-corrected chi connectivity index (χ3v) is 3.77. The van der Waals surface area contributed by atoms with Crippen LogP contribution < -0.4 is 0 Å².